The van der Waals surface area contributed by atoms with Gasteiger partial charge in [-0.15, -0.1) is 0 Å². The molecule has 2 aromatic carbocycles. The fourth-order valence-corrected chi connectivity index (χ4v) is 4.11. The van der Waals surface area contributed by atoms with Crippen molar-refractivity contribution in [3.63, 3.8) is 0 Å². The summed E-state index contributed by atoms with van der Waals surface area (Å²) < 4.78 is 20.7. The lowest BCUT2D eigenvalue weighted by Crippen LogP contribution is -2.35. The Hall–Kier alpha value is -2.96. The van der Waals surface area contributed by atoms with Crippen LogP contribution in [0.25, 0.3) is 5.69 Å². The van der Waals surface area contributed by atoms with Gasteiger partial charge in [0.2, 0.25) is 0 Å². The van der Waals surface area contributed by atoms with E-state index in [9.17, 15) is 9.18 Å². The van der Waals surface area contributed by atoms with Gasteiger partial charge in [0.25, 0.3) is 5.91 Å². The lowest BCUT2D eigenvalue weighted by atomic mass is 10.1. The second-order valence-electron chi connectivity index (χ2n) is 7.99. The Balaban J connectivity index is 1.43. The van der Waals surface area contributed by atoms with Crippen molar-refractivity contribution >= 4 is 5.91 Å². The van der Waals surface area contributed by atoms with Gasteiger partial charge in [0.15, 0.2) is 0 Å². The van der Waals surface area contributed by atoms with Gasteiger partial charge in [0.1, 0.15) is 5.82 Å². The van der Waals surface area contributed by atoms with Crippen LogP contribution < -0.4 is 5.32 Å². The number of hydrogen-bond donors (Lipinski definition) is 1. The van der Waals surface area contributed by atoms with Crippen molar-refractivity contribution < 1.29 is 13.9 Å². The fourth-order valence-electron chi connectivity index (χ4n) is 4.11. The van der Waals surface area contributed by atoms with Gasteiger partial charge in [-0.3, -0.25) is 9.69 Å². The van der Waals surface area contributed by atoms with Gasteiger partial charge in [0.05, 0.1) is 18.8 Å². The molecule has 3 aromatic rings. The maximum Gasteiger partial charge on any atom is 0.253 e. The van der Waals surface area contributed by atoms with Crippen LogP contribution in [-0.2, 0) is 17.8 Å². The fraction of sp³-hybridized carbons (Fsp3) is 0.320. The van der Waals surface area contributed by atoms with E-state index in [0.29, 0.717) is 12.1 Å². The first-order valence-electron chi connectivity index (χ1n) is 10.6. The summed E-state index contributed by atoms with van der Waals surface area (Å²) >= 11 is 0. The van der Waals surface area contributed by atoms with Gasteiger partial charge in [0, 0.05) is 43.3 Å². The number of aromatic nitrogens is 1. The van der Waals surface area contributed by atoms with E-state index in [1.807, 2.05) is 36.6 Å². The first-order chi connectivity index (χ1) is 15.0. The molecule has 0 spiro atoms. The predicted molar refractivity (Wildman–Crippen MR) is 119 cm³/mol. The van der Waals surface area contributed by atoms with E-state index in [0.717, 1.165) is 55.5 Å². The van der Waals surface area contributed by atoms with E-state index in [2.05, 4.69) is 22.3 Å². The molecule has 0 unspecified atom stereocenters. The number of rotatable bonds is 6. The lowest BCUT2D eigenvalue weighted by molar-refractivity contribution is 0.0342. The van der Waals surface area contributed by atoms with Crippen molar-refractivity contribution in [1.29, 1.82) is 0 Å². The number of benzene rings is 2. The molecule has 0 atom stereocenters. The van der Waals surface area contributed by atoms with Crippen molar-refractivity contribution in [3.8, 4) is 5.69 Å². The Morgan fingerprint density at radius 2 is 1.74 bits per heavy atom. The molecule has 162 valence electrons. The first kappa shape index (κ1) is 21.3. The Morgan fingerprint density at radius 3 is 2.48 bits per heavy atom. The number of carbonyl (C=O) groups excluding carboxylic acids is 1. The number of nitrogens with zero attached hydrogens (tertiary/aromatic N) is 2. The van der Waals surface area contributed by atoms with Crippen LogP contribution in [-0.4, -0.2) is 41.7 Å². The van der Waals surface area contributed by atoms with E-state index < -0.39 is 0 Å². The number of aryl methyl sites for hydroxylation is 1. The summed E-state index contributed by atoms with van der Waals surface area (Å²) in [5, 5.41) is 3.04. The monoisotopic (exact) mass is 421 g/mol. The number of carbonyl (C=O) groups is 1. The molecule has 0 saturated carbocycles. The number of morpholine rings is 1. The molecule has 1 saturated heterocycles. The van der Waals surface area contributed by atoms with Crippen LogP contribution in [0.4, 0.5) is 4.39 Å². The van der Waals surface area contributed by atoms with Gasteiger partial charge < -0.3 is 14.6 Å². The molecule has 1 N–H and O–H groups in total. The molecule has 2 heterocycles. The van der Waals surface area contributed by atoms with Crippen LogP contribution in [0, 0.1) is 19.7 Å². The van der Waals surface area contributed by atoms with E-state index in [1.54, 1.807) is 12.1 Å². The third-order valence-corrected chi connectivity index (χ3v) is 5.71. The summed E-state index contributed by atoms with van der Waals surface area (Å²) in [5.41, 5.74) is 5.55. The topological polar surface area (TPSA) is 46.5 Å². The molecule has 1 amide bonds. The average molecular weight is 422 g/mol. The summed E-state index contributed by atoms with van der Waals surface area (Å²) in [6.07, 6.45) is 0. The van der Waals surface area contributed by atoms with Crippen LogP contribution in [0.2, 0.25) is 0 Å². The van der Waals surface area contributed by atoms with Gasteiger partial charge in [-0.1, -0.05) is 24.3 Å². The normalized spacial score (nSPS) is 14.5. The standard InChI is InChI=1S/C25H28FN3O2/c1-18-14-24(19(2)29(18)23-8-6-22(26)7-9-23)25(30)27-16-20-4-3-5-21(15-20)17-28-10-12-31-13-11-28/h3-9,14-15H,10-13,16-17H2,1-2H3,(H,27,30). The van der Waals surface area contributed by atoms with Crippen molar-refractivity contribution in [3.05, 3.63) is 88.5 Å². The van der Waals surface area contributed by atoms with E-state index >= 15 is 0 Å². The highest BCUT2D eigenvalue weighted by Gasteiger charge is 2.17. The molecule has 0 aliphatic carbocycles. The molecule has 31 heavy (non-hydrogen) atoms. The van der Waals surface area contributed by atoms with Gasteiger partial charge >= 0.3 is 0 Å². The molecule has 5 nitrogen and oxygen atoms in total. The van der Waals surface area contributed by atoms with Crippen molar-refractivity contribution in [2.45, 2.75) is 26.9 Å². The van der Waals surface area contributed by atoms with Crippen LogP contribution in [0.5, 0.6) is 0 Å². The molecular weight excluding hydrogens is 393 g/mol. The third-order valence-electron chi connectivity index (χ3n) is 5.71. The second-order valence-corrected chi connectivity index (χ2v) is 7.99. The largest absolute Gasteiger partial charge is 0.379 e. The predicted octanol–water partition coefficient (Wildman–Crippen LogP) is 4.00. The number of ether oxygens (including phenoxy) is 1. The SMILES string of the molecule is Cc1cc(C(=O)NCc2cccc(CN3CCOCC3)c2)c(C)n1-c1ccc(F)cc1. The maximum atomic E-state index is 13.3. The Bertz CT molecular complexity index is 1050. The molecular formula is C25H28FN3O2. The minimum Gasteiger partial charge on any atom is -0.379 e. The first-order valence-corrected chi connectivity index (χ1v) is 10.6. The third kappa shape index (κ3) is 5.03. The van der Waals surface area contributed by atoms with Crippen molar-refractivity contribution in [2.75, 3.05) is 26.3 Å². The van der Waals surface area contributed by atoms with E-state index in [4.69, 9.17) is 4.74 Å². The molecule has 0 radical (unpaired) electrons. The zero-order chi connectivity index (χ0) is 21.8. The highest BCUT2D eigenvalue weighted by molar-refractivity contribution is 5.95. The summed E-state index contributed by atoms with van der Waals surface area (Å²) in [6.45, 7) is 8.68. The van der Waals surface area contributed by atoms with Crippen LogP contribution in [0.3, 0.4) is 0 Å². The van der Waals surface area contributed by atoms with Gasteiger partial charge in [-0.05, 0) is 55.3 Å². The minimum atomic E-state index is -0.278. The lowest BCUT2D eigenvalue weighted by Gasteiger charge is -2.26. The zero-order valence-corrected chi connectivity index (χ0v) is 18.0. The van der Waals surface area contributed by atoms with Crippen LogP contribution in [0.15, 0.2) is 54.6 Å². The molecule has 1 aliphatic heterocycles. The Kier molecular flexibility index (Phi) is 6.49. The summed E-state index contributed by atoms with van der Waals surface area (Å²) in [4.78, 5) is 15.3. The zero-order valence-electron chi connectivity index (χ0n) is 18.0. The van der Waals surface area contributed by atoms with E-state index in [-0.39, 0.29) is 11.7 Å². The number of hydrogen-bond acceptors (Lipinski definition) is 3. The average Bonchev–Trinajstić information content (AvgIpc) is 3.08. The van der Waals surface area contributed by atoms with Gasteiger partial charge in [-0.25, -0.2) is 4.39 Å². The van der Waals surface area contributed by atoms with Crippen molar-refractivity contribution in [1.82, 2.24) is 14.8 Å². The van der Waals surface area contributed by atoms with Crippen LogP contribution in [0.1, 0.15) is 32.9 Å². The molecule has 1 fully saturated rings. The summed E-state index contributed by atoms with van der Waals surface area (Å²) in [6, 6.07) is 16.5. The Labute approximate surface area is 182 Å². The number of amides is 1. The van der Waals surface area contributed by atoms with Gasteiger partial charge in [-0.2, -0.15) is 0 Å². The number of nitrogens with one attached hydrogen (secondary N) is 1. The molecule has 6 heteroatoms. The molecule has 1 aliphatic rings. The van der Waals surface area contributed by atoms with Crippen molar-refractivity contribution in [2.24, 2.45) is 0 Å². The molecule has 4 rings (SSSR count). The molecule has 1 aromatic heterocycles. The minimum absolute atomic E-state index is 0.111. The second kappa shape index (κ2) is 9.45. The van der Waals surface area contributed by atoms with Crippen LogP contribution >= 0.6 is 0 Å². The Morgan fingerprint density at radius 1 is 1.03 bits per heavy atom. The molecule has 0 bridgehead atoms. The van der Waals surface area contributed by atoms with E-state index in [1.165, 1.54) is 17.7 Å². The smallest absolute Gasteiger partial charge is 0.253 e. The highest BCUT2D eigenvalue weighted by atomic mass is 19.1. The summed E-state index contributed by atoms with van der Waals surface area (Å²) in [5.74, 6) is -0.389. The maximum absolute atomic E-state index is 13.3. The highest BCUT2D eigenvalue weighted by Crippen LogP contribution is 2.21. The quantitative estimate of drug-likeness (QED) is 0.655. The number of halogens is 1. The summed E-state index contributed by atoms with van der Waals surface area (Å²) in [7, 11) is 0.